The van der Waals surface area contributed by atoms with Crippen LogP contribution < -0.4 is 10.2 Å². The highest BCUT2D eigenvalue weighted by molar-refractivity contribution is 7.13. The van der Waals surface area contributed by atoms with E-state index < -0.39 is 0 Å². The minimum absolute atomic E-state index is 0.745. The molecular formula is C12H22N4OS. The first-order valence-electron chi connectivity index (χ1n) is 6.37. The zero-order valence-corrected chi connectivity index (χ0v) is 12.0. The van der Waals surface area contributed by atoms with Crippen molar-refractivity contribution in [3.05, 3.63) is 11.1 Å². The molecule has 0 bridgehead atoms. The molecule has 1 aromatic heterocycles. The van der Waals surface area contributed by atoms with Crippen LogP contribution in [0.15, 0.2) is 5.38 Å². The van der Waals surface area contributed by atoms with Crippen molar-refractivity contribution in [1.29, 1.82) is 0 Å². The van der Waals surface area contributed by atoms with E-state index in [0.29, 0.717) is 0 Å². The molecule has 1 N–H and O–H groups in total. The molecule has 18 heavy (non-hydrogen) atoms. The van der Waals surface area contributed by atoms with Crippen LogP contribution in [0.3, 0.4) is 0 Å². The molecule has 1 aliphatic rings. The summed E-state index contributed by atoms with van der Waals surface area (Å²) < 4.78 is 5.00. The lowest BCUT2D eigenvalue weighted by Gasteiger charge is -2.32. The largest absolute Gasteiger partial charge is 0.383 e. The number of piperazine rings is 1. The van der Waals surface area contributed by atoms with Crippen LogP contribution in [0.2, 0.25) is 0 Å². The summed E-state index contributed by atoms with van der Waals surface area (Å²) in [6, 6.07) is 0. The Hall–Kier alpha value is -0.690. The van der Waals surface area contributed by atoms with Crippen LogP contribution in [0.4, 0.5) is 5.13 Å². The number of aromatic nitrogens is 1. The minimum Gasteiger partial charge on any atom is -0.383 e. The lowest BCUT2D eigenvalue weighted by molar-refractivity contribution is 0.199. The molecule has 0 aliphatic carbocycles. The van der Waals surface area contributed by atoms with Gasteiger partial charge in [0.2, 0.25) is 0 Å². The van der Waals surface area contributed by atoms with E-state index in [-0.39, 0.29) is 0 Å². The zero-order valence-electron chi connectivity index (χ0n) is 11.2. The van der Waals surface area contributed by atoms with Crippen molar-refractivity contribution in [3.8, 4) is 0 Å². The van der Waals surface area contributed by atoms with Gasteiger partial charge in [-0.3, -0.25) is 0 Å². The lowest BCUT2D eigenvalue weighted by Crippen LogP contribution is -2.44. The highest BCUT2D eigenvalue weighted by Gasteiger charge is 2.16. The Morgan fingerprint density at radius 1 is 1.39 bits per heavy atom. The predicted octanol–water partition coefficient (Wildman–Crippen LogP) is 0.631. The molecule has 0 spiro atoms. The van der Waals surface area contributed by atoms with Gasteiger partial charge >= 0.3 is 0 Å². The van der Waals surface area contributed by atoms with Crippen molar-refractivity contribution >= 4 is 16.5 Å². The fraction of sp³-hybridized carbons (Fsp3) is 0.750. The topological polar surface area (TPSA) is 40.6 Å². The zero-order chi connectivity index (χ0) is 12.8. The van der Waals surface area contributed by atoms with Gasteiger partial charge in [0.15, 0.2) is 5.13 Å². The van der Waals surface area contributed by atoms with E-state index in [9.17, 15) is 0 Å². The Kier molecular flexibility index (Phi) is 5.37. The summed E-state index contributed by atoms with van der Waals surface area (Å²) in [4.78, 5) is 9.42. The van der Waals surface area contributed by atoms with Crippen molar-refractivity contribution in [2.24, 2.45) is 0 Å². The van der Waals surface area contributed by atoms with Gasteiger partial charge in [0.05, 0.1) is 12.3 Å². The highest BCUT2D eigenvalue weighted by Crippen LogP contribution is 2.21. The molecule has 102 valence electrons. The van der Waals surface area contributed by atoms with Gasteiger partial charge in [0, 0.05) is 51.8 Å². The van der Waals surface area contributed by atoms with Crippen molar-refractivity contribution in [2.75, 3.05) is 58.4 Å². The molecule has 1 fully saturated rings. The van der Waals surface area contributed by atoms with Crippen LogP contribution >= 0.6 is 11.3 Å². The summed E-state index contributed by atoms with van der Waals surface area (Å²) in [5, 5.41) is 6.62. The quantitative estimate of drug-likeness (QED) is 0.768. The van der Waals surface area contributed by atoms with Crippen LogP contribution in [-0.2, 0) is 11.3 Å². The number of anilines is 1. The van der Waals surface area contributed by atoms with Crippen LogP contribution in [0.25, 0.3) is 0 Å². The molecule has 2 rings (SSSR count). The van der Waals surface area contributed by atoms with Crippen molar-refractivity contribution < 1.29 is 4.74 Å². The molecule has 0 unspecified atom stereocenters. The molecule has 1 aromatic rings. The van der Waals surface area contributed by atoms with Crippen molar-refractivity contribution in [1.82, 2.24) is 15.2 Å². The minimum atomic E-state index is 0.745. The first kappa shape index (κ1) is 13.7. The van der Waals surface area contributed by atoms with Crippen molar-refractivity contribution in [3.63, 3.8) is 0 Å². The molecule has 0 aromatic carbocycles. The number of hydrogen-bond donors (Lipinski definition) is 1. The second-order valence-electron chi connectivity index (χ2n) is 4.58. The first-order chi connectivity index (χ1) is 8.79. The lowest BCUT2D eigenvalue weighted by atomic mass is 10.3. The van der Waals surface area contributed by atoms with E-state index in [4.69, 9.17) is 4.74 Å². The SMILES string of the molecule is COCCNCc1csc(N2CCN(C)CC2)n1. The molecule has 1 aliphatic heterocycles. The molecule has 1 saturated heterocycles. The number of hydrogen-bond acceptors (Lipinski definition) is 6. The molecule has 0 radical (unpaired) electrons. The Bertz CT molecular complexity index is 350. The molecule has 0 atom stereocenters. The van der Waals surface area contributed by atoms with Gasteiger partial charge in [-0.25, -0.2) is 4.98 Å². The molecule has 6 heteroatoms. The van der Waals surface area contributed by atoms with E-state index in [1.165, 1.54) is 0 Å². The van der Waals surface area contributed by atoms with Gasteiger partial charge in [-0.1, -0.05) is 0 Å². The number of methoxy groups -OCH3 is 1. The van der Waals surface area contributed by atoms with E-state index >= 15 is 0 Å². The van der Waals surface area contributed by atoms with Crippen LogP contribution in [0.5, 0.6) is 0 Å². The molecule has 2 heterocycles. The number of rotatable bonds is 6. The Balaban J connectivity index is 1.78. The van der Waals surface area contributed by atoms with Gasteiger partial charge in [0.1, 0.15) is 0 Å². The fourth-order valence-electron chi connectivity index (χ4n) is 1.91. The maximum absolute atomic E-state index is 5.00. The molecular weight excluding hydrogens is 248 g/mol. The smallest absolute Gasteiger partial charge is 0.185 e. The van der Waals surface area contributed by atoms with E-state index in [1.807, 2.05) is 0 Å². The summed E-state index contributed by atoms with van der Waals surface area (Å²) in [6.07, 6.45) is 0. The van der Waals surface area contributed by atoms with Gasteiger partial charge in [-0.05, 0) is 7.05 Å². The van der Waals surface area contributed by atoms with Crippen LogP contribution in [0, 0.1) is 0 Å². The Morgan fingerprint density at radius 3 is 2.89 bits per heavy atom. The third kappa shape index (κ3) is 3.91. The maximum Gasteiger partial charge on any atom is 0.185 e. The van der Waals surface area contributed by atoms with Crippen LogP contribution in [0.1, 0.15) is 5.69 Å². The number of likely N-dealkylation sites (N-methyl/N-ethyl adjacent to an activating group) is 1. The number of nitrogens with zero attached hydrogens (tertiary/aromatic N) is 3. The second kappa shape index (κ2) is 7.04. The Labute approximate surface area is 113 Å². The summed E-state index contributed by atoms with van der Waals surface area (Å²) >= 11 is 1.75. The third-order valence-electron chi connectivity index (χ3n) is 3.10. The summed E-state index contributed by atoms with van der Waals surface area (Å²) in [7, 11) is 3.89. The van der Waals surface area contributed by atoms with Gasteiger partial charge in [0.25, 0.3) is 0 Å². The summed E-state index contributed by atoms with van der Waals surface area (Å²) in [5.74, 6) is 0. The normalized spacial score (nSPS) is 17.3. The van der Waals surface area contributed by atoms with Crippen molar-refractivity contribution in [2.45, 2.75) is 6.54 Å². The van der Waals surface area contributed by atoms with E-state index in [0.717, 1.165) is 56.7 Å². The van der Waals surface area contributed by atoms with Gasteiger partial charge in [-0.2, -0.15) is 0 Å². The van der Waals surface area contributed by atoms with E-state index in [1.54, 1.807) is 18.4 Å². The Morgan fingerprint density at radius 2 is 2.17 bits per heavy atom. The highest BCUT2D eigenvalue weighted by atomic mass is 32.1. The fourth-order valence-corrected chi connectivity index (χ4v) is 2.79. The average Bonchev–Trinajstić information content (AvgIpc) is 2.84. The third-order valence-corrected chi connectivity index (χ3v) is 4.05. The molecule has 5 nitrogen and oxygen atoms in total. The summed E-state index contributed by atoms with van der Waals surface area (Å²) in [6.45, 7) is 6.87. The van der Waals surface area contributed by atoms with E-state index in [2.05, 4.69) is 32.5 Å². The van der Waals surface area contributed by atoms with Gasteiger partial charge in [-0.15, -0.1) is 11.3 Å². The predicted molar refractivity (Wildman–Crippen MR) is 75.4 cm³/mol. The number of ether oxygens (including phenoxy) is 1. The average molecular weight is 270 g/mol. The summed E-state index contributed by atoms with van der Waals surface area (Å²) in [5.41, 5.74) is 1.13. The molecule has 0 amide bonds. The number of thiazole rings is 1. The maximum atomic E-state index is 5.00. The molecule has 0 saturated carbocycles. The number of nitrogens with one attached hydrogen (secondary N) is 1. The van der Waals surface area contributed by atoms with Gasteiger partial charge < -0.3 is 19.9 Å². The first-order valence-corrected chi connectivity index (χ1v) is 7.25. The second-order valence-corrected chi connectivity index (χ2v) is 5.42. The standard InChI is InChI=1S/C12H22N4OS/c1-15-4-6-16(7-5-15)12-14-11(10-18-12)9-13-3-8-17-2/h10,13H,3-9H2,1-2H3. The van der Waals surface area contributed by atoms with Crippen LogP contribution in [-0.4, -0.2) is 63.4 Å². The monoisotopic (exact) mass is 270 g/mol.